The second-order valence-corrected chi connectivity index (χ2v) is 6.13. The van der Waals surface area contributed by atoms with Crippen LogP contribution in [0, 0.1) is 0 Å². The van der Waals surface area contributed by atoms with Gasteiger partial charge in [0.15, 0.2) is 5.65 Å². The van der Waals surface area contributed by atoms with E-state index in [9.17, 15) is 0 Å². The average Bonchev–Trinajstić information content (AvgIpc) is 3.13. The molecule has 1 saturated heterocycles. The van der Waals surface area contributed by atoms with Crippen molar-refractivity contribution in [3.05, 3.63) is 42.2 Å². The molecule has 2 aromatic heterocycles. The fraction of sp³-hybridized carbons (Fsp3) is 0.412. The predicted octanol–water partition coefficient (Wildman–Crippen LogP) is 2.16. The van der Waals surface area contributed by atoms with Crippen molar-refractivity contribution in [1.29, 1.82) is 0 Å². The van der Waals surface area contributed by atoms with Gasteiger partial charge >= 0.3 is 0 Å². The van der Waals surface area contributed by atoms with Gasteiger partial charge in [0, 0.05) is 25.3 Å². The highest BCUT2D eigenvalue weighted by Gasteiger charge is 2.10. The summed E-state index contributed by atoms with van der Waals surface area (Å²) in [5.74, 6) is 0.808. The Morgan fingerprint density at radius 2 is 1.83 bits per heavy atom. The normalized spacial score (nSPS) is 14.9. The predicted molar refractivity (Wildman–Crippen MR) is 93.3 cm³/mol. The van der Waals surface area contributed by atoms with Gasteiger partial charge in [0.2, 0.25) is 0 Å². The van der Waals surface area contributed by atoms with E-state index in [0.717, 1.165) is 18.8 Å². The summed E-state index contributed by atoms with van der Waals surface area (Å²) >= 11 is 0. The van der Waals surface area contributed by atoms with Crippen LogP contribution in [0.3, 0.4) is 0 Å². The molecule has 0 spiro atoms. The molecule has 7 heteroatoms. The molecule has 0 unspecified atom stereocenters. The van der Waals surface area contributed by atoms with Crippen LogP contribution in [0.2, 0.25) is 0 Å². The molecule has 0 bridgehead atoms. The number of piperidine rings is 1. The SMILES string of the molecule is c1cc(N2CCCCC2)ccc1CCNc1cncc2nnnn12. The molecule has 0 radical (unpaired) electrons. The van der Waals surface area contributed by atoms with Crippen molar-refractivity contribution in [2.24, 2.45) is 0 Å². The third kappa shape index (κ3) is 3.15. The van der Waals surface area contributed by atoms with Crippen LogP contribution in [0.5, 0.6) is 0 Å². The number of nitrogens with one attached hydrogen (secondary N) is 1. The number of nitrogens with zero attached hydrogens (tertiary/aromatic N) is 6. The highest BCUT2D eigenvalue weighted by molar-refractivity contribution is 5.48. The molecular formula is C17H21N7. The van der Waals surface area contributed by atoms with E-state index in [1.165, 1.54) is 43.6 Å². The Hall–Kier alpha value is -2.70. The van der Waals surface area contributed by atoms with Gasteiger partial charge in [0.25, 0.3) is 0 Å². The number of hydrogen-bond acceptors (Lipinski definition) is 6. The minimum atomic E-state index is 0.644. The van der Waals surface area contributed by atoms with Crippen LogP contribution >= 0.6 is 0 Å². The number of hydrogen-bond donors (Lipinski definition) is 1. The molecule has 1 aliphatic rings. The fourth-order valence-corrected chi connectivity index (χ4v) is 3.16. The van der Waals surface area contributed by atoms with E-state index in [2.05, 4.69) is 55.0 Å². The molecule has 1 aromatic carbocycles. The van der Waals surface area contributed by atoms with Crippen molar-refractivity contribution in [2.45, 2.75) is 25.7 Å². The summed E-state index contributed by atoms with van der Waals surface area (Å²) in [6.07, 6.45) is 8.31. The third-order valence-corrected chi connectivity index (χ3v) is 4.49. The number of anilines is 2. The van der Waals surface area contributed by atoms with Gasteiger partial charge in [-0.1, -0.05) is 12.1 Å². The lowest BCUT2D eigenvalue weighted by atomic mass is 10.1. The highest BCUT2D eigenvalue weighted by Crippen LogP contribution is 2.20. The lowest BCUT2D eigenvalue weighted by Crippen LogP contribution is -2.29. The molecule has 4 rings (SSSR count). The van der Waals surface area contributed by atoms with Crippen molar-refractivity contribution < 1.29 is 0 Å². The molecule has 1 N–H and O–H groups in total. The van der Waals surface area contributed by atoms with Crippen molar-refractivity contribution in [1.82, 2.24) is 25.0 Å². The summed E-state index contributed by atoms with van der Waals surface area (Å²) in [5, 5.41) is 14.9. The van der Waals surface area contributed by atoms with Crippen LogP contribution < -0.4 is 10.2 Å². The Kier molecular flexibility index (Phi) is 4.22. The first-order valence-electron chi connectivity index (χ1n) is 8.50. The maximum atomic E-state index is 4.14. The second-order valence-electron chi connectivity index (χ2n) is 6.13. The smallest absolute Gasteiger partial charge is 0.199 e. The molecule has 24 heavy (non-hydrogen) atoms. The van der Waals surface area contributed by atoms with Crippen LogP contribution in [0.1, 0.15) is 24.8 Å². The number of benzene rings is 1. The average molecular weight is 323 g/mol. The van der Waals surface area contributed by atoms with E-state index in [0.29, 0.717) is 5.65 Å². The van der Waals surface area contributed by atoms with E-state index in [4.69, 9.17) is 0 Å². The Morgan fingerprint density at radius 1 is 1.00 bits per heavy atom. The minimum absolute atomic E-state index is 0.644. The Morgan fingerprint density at radius 3 is 2.67 bits per heavy atom. The summed E-state index contributed by atoms with van der Waals surface area (Å²) in [6.45, 7) is 3.18. The Labute approximate surface area is 140 Å². The topological polar surface area (TPSA) is 71.2 Å². The van der Waals surface area contributed by atoms with Crippen LogP contribution in [0.4, 0.5) is 11.5 Å². The van der Waals surface area contributed by atoms with E-state index in [1.807, 2.05) is 0 Å². The molecule has 0 aliphatic carbocycles. The summed E-state index contributed by atoms with van der Waals surface area (Å²) < 4.78 is 1.66. The van der Waals surface area contributed by atoms with Gasteiger partial charge in [-0.2, -0.15) is 4.52 Å². The molecule has 1 aliphatic heterocycles. The van der Waals surface area contributed by atoms with E-state index >= 15 is 0 Å². The minimum Gasteiger partial charge on any atom is -0.372 e. The number of rotatable bonds is 5. The molecule has 0 saturated carbocycles. The van der Waals surface area contributed by atoms with Crippen molar-refractivity contribution in [3.63, 3.8) is 0 Å². The quantitative estimate of drug-likeness (QED) is 0.776. The first-order chi connectivity index (χ1) is 11.9. The van der Waals surface area contributed by atoms with Gasteiger partial charge in [-0.3, -0.25) is 4.98 Å². The monoisotopic (exact) mass is 323 g/mol. The molecule has 0 atom stereocenters. The Bertz CT molecular complexity index is 790. The van der Waals surface area contributed by atoms with Crippen LogP contribution in [0.15, 0.2) is 36.7 Å². The first-order valence-corrected chi connectivity index (χ1v) is 8.50. The zero-order chi connectivity index (χ0) is 16.2. The summed E-state index contributed by atoms with van der Waals surface area (Å²) in [5.41, 5.74) is 3.31. The molecule has 3 aromatic rings. The second kappa shape index (κ2) is 6.82. The highest BCUT2D eigenvalue weighted by atomic mass is 15.5. The van der Waals surface area contributed by atoms with Gasteiger partial charge in [-0.05, 0) is 53.8 Å². The van der Waals surface area contributed by atoms with Gasteiger partial charge in [-0.25, -0.2) is 0 Å². The summed E-state index contributed by atoms with van der Waals surface area (Å²) in [4.78, 5) is 6.62. The zero-order valence-electron chi connectivity index (χ0n) is 13.6. The summed E-state index contributed by atoms with van der Waals surface area (Å²) in [6, 6.07) is 8.93. The number of tetrazole rings is 1. The molecule has 7 nitrogen and oxygen atoms in total. The Balaban J connectivity index is 1.35. The van der Waals surface area contributed by atoms with Crippen LogP contribution in [-0.4, -0.2) is 44.7 Å². The van der Waals surface area contributed by atoms with E-state index in [1.54, 1.807) is 16.9 Å². The largest absolute Gasteiger partial charge is 0.372 e. The molecule has 3 heterocycles. The van der Waals surface area contributed by atoms with Crippen molar-refractivity contribution in [3.8, 4) is 0 Å². The van der Waals surface area contributed by atoms with Crippen molar-refractivity contribution >= 4 is 17.2 Å². The fourth-order valence-electron chi connectivity index (χ4n) is 3.16. The third-order valence-electron chi connectivity index (χ3n) is 4.49. The van der Waals surface area contributed by atoms with E-state index in [-0.39, 0.29) is 0 Å². The van der Waals surface area contributed by atoms with E-state index < -0.39 is 0 Å². The standard InChI is InChI=1S/C17H21N7/c1-2-10-23(11-3-1)15-6-4-14(5-7-15)8-9-19-16-12-18-13-17-20-21-22-24(16)17/h4-7,12-13,19H,1-3,8-11H2. The van der Waals surface area contributed by atoms with Crippen molar-refractivity contribution in [2.75, 3.05) is 29.9 Å². The molecule has 0 amide bonds. The van der Waals surface area contributed by atoms with Crippen LogP contribution in [0.25, 0.3) is 5.65 Å². The maximum Gasteiger partial charge on any atom is 0.199 e. The number of fused-ring (bicyclic) bond motifs is 1. The van der Waals surface area contributed by atoms with Gasteiger partial charge < -0.3 is 10.2 Å². The lowest BCUT2D eigenvalue weighted by molar-refractivity contribution is 0.578. The molecular weight excluding hydrogens is 302 g/mol. The molecule has 124 valence electrons. The zero-order valence-corrected chi connectivity index (χ0v) is 13.6. The summed E-state index contributed by atoms with van der Waals surface area (Å²) in [7, 11) is 0. The maximum absolute atomic E-state index is 4.14. The molecule has 1 fully saturated rings. The van der Waals surface area contributed by atoms with Gasteiger partial charge in [0.1, 0.15) is 5.82 Å². The van der Waals surface area contributed by atoms with Gasteiger partial charge in [-0.15, -0.1) is 5.10 Å². The first kappa shape index (κ1) is 14.9. The van der Waals surface area contributed by atoms with Crippen LogP contribution in [-0.2, 0) is 6.42 Å². The lowest BCUT2D eigenvalue weighted by Gasteiger charge is -2.28. The number of aromatic nitrogens is 5. The van der Waals surface area contributed by atoms with Gasteiger partial charge in [0.05, 0.1) is 12.4 Å².